The van der Waals surface area contributed by atoms with E-state index in [9.17, 15) is 18.0 Å². The van der Waals surface area contributed by atoms with Gasteiger partial charge in [0, 0.05) is 6.07 Å². The summed E-state index contributed by atoms with van der Waals surface area (Å²) in [4.78, 5) is 20.7. The number of nitrogens with zero attached hydrogens (tertiary/aromatic N) is 2. The van der Waals surface area contributed by atoms with E-state index in [1.807, 2.05) is 0 Å². The number of hydrogen-bond donors (Lipinski definition) is 1. The minimum absolute atomic E-state index is 0.293. The van der Waals surface area contributed by atoms with E-state index >= 15 is 0 Å². The number of nitrogens with one attached hydrogen (secondary N) is 1. The number of aryl methyl sites for hydroxylation is 1. The summed E-state index contributed by atoms with van der Waals surface area (Å²) in [6, 6.07) is 3.81. The van der Waals surface area contributed by atoms with E-state index in [0.717, 1.165) is 11.3 Å². The molecule has 120 valence electrons. The Morgan fingerprint density at radius 2 is 2.13 bits per heavy atom. The van der Waals surface area contributed by atoms with Crippen LogP contribution in [0, 0.1) is 6.92 Å². The SMILES string of the molecule is Cc1ncsc1C(=O)Nc1nc2ccc(OC(F)(F)F)cc2s1. The molecular weight excluding hydrogens is 351 g/mol. The number of thiazole rings is 2. The molecule has 0 bridgehead atoms. The Labute approximate surface area is 135 Å². The number of anilines is 1. The molecule has 0 unspecified atom stereocenters. The zero-order chi connectivity index (χ0) is 16.6. The van der Waals surface area contributed by atoms with E-state index in [4.69, 9.17) is 0 Å². The van der Waals surface area contributed by atoms with Gasteiger partial charge in [-0.3, -0.25) is 10.1 Å². The summed E-state index contributed by atoms with van der Waals surface area (Å²) in [5.74, 6) is -0.680. The van der Waals surface area contributed by atoms with E-state index in [-0.39, 0.29) is 11.7 Å². The lowest BCUT2D eigenvalue weighted by Crippen LogP contribution is -2.16. The second-order valence-corrected chi connectivity index (χ2v) is 6.30. The third-order valence-corrected chi connectivity index (χ3v) is 4.63. The van der Waals surface area contributed by atoms with Gasteiger partial charge in [-0.25, -0.2) is 9.97 Å². The van der Waals surface area contributed by atoms with Gasteiger partial charge in [-0.2, -0.15) is 0 Å². The number of amides is 1. The molecule has 0 saturated carbocycles. The van der Waals surface area contributed by atoms with Crippen molar-refractivity contribution in [3.05, 3.63) is 34.3 Å². The number of carbonyl (C=O) groups is 1. The molecule has 1 amide bonds. The van der Waals surface area contributed by atoms with Gasteiger partial charge in [0.05, 0.1) is 21.4 Å². The highest BCUT2D eigenvalue weighted by atomic mass is 32.1. The van der Waals surface area contributed by atoms with Crippen molar-refractivity contribution < 1.29 is 22.7 Å². The molecule has 3 rings (SSSR count). The van der Waals surface area contributed by atoms with Crippen molar-refractivity contribution in [1.29, 1.82) is 0 Å². The highest BCUT2D eigenvalue weighted by Crippen LogP contribution is 2.32. The summed E-state index contributed by atoms with van der Waals surface area (Å²) in [6.07, 6.45) is -4.75. The fourth-order valence-electron chi connectivity index (χ4n) is 1.83. The highest BCUT2D eigenvalue weighted by molar-refractivity contribution is 7.22. The topological polar surface area (TPSA) is 64.1 Å². The molecule has 0 aliphatic rings. The lowest BCUT2D eigenvalue weighted by atomic mass is 10.3. The molecule has 2 aromatic heterocycles. The Morgan fingerprint density at radius 1 is 1.35 bits per heavy atom. The van der Waals surface area contributed by atoms with Crippen molar-refractivity contribution in [2.24, 2.45) is 0 Å². The van der Waals surface area contributed by atoms with Crippen LogP contribution in [0.3, 0.4) is 0 Å². The average Bonchev–Trinajstić information content (AvgIpc) is 3.01. The number of hydrogen-bond acceptors (Lipinski definition) is 6. The van der Waals surface area contributed by atoms with E-state index < -0.39 is 6.36 Å². The molecule has 3 aromatic rings. The second-order valence-electron chi connectivity index (χ2n) is 4.42. The Morgan fingerprint density at radius 3 is 2.78 bits per heavy atom. The molecule has 0 fully saturated rings. The smallest absolute Gasteiger partial charge is 0.406 e. The quantitative estimate of drug-likeness (QED) is 0.761. The van der Waals surface area contributed by atoms with Gasteiger partial charge in [-0.15, -0.1) is 24.5 Å². The molecule has 10 heteroatoms. The predicted molar refractivity (Wildman–Crippen MR) is 81.1 cm³/mol. The summed E-state index contributed by atoms with van der Waals surface area (Å²) in [6.45, 7) is 1.71. The van der Waals surface area contributed by atoms with Crippen LogP contribution >= 0.6 is 22.7 Å². The molecule has 0 aliphatic heterocycles. The number of fused-ring (bicyclic) bond motifs is 1. The zero-order valence-corrected chi connectivity index (χ0v) is 13.1. The molecule has 0 radical (unpaired) electrons. The van der Waals surface area contributed by atoms with Crippen LogP contribution in [0.4, 0.5) is 18.3 Å². The van der Waals surface area contributed by atoms with Crippen molar-refractivity contribution in [3.8, 4) is 5.75 Å². The van der Waals surface area contributed by atoms with Gasteiger partial charge in [0.25, 0.3) is 5.91 Å². The van der Waals surface area contributed by atoms with Crippen LogP contribution in [0.15, 0.2) is 23.7 Å². The van der Waals surface area contributed by atoms with Crippen LogP contribution in [0.1, 0.15) is 15.4 Å². The summed E-state index contributed by atoms with van der Waals surface area (Å²) in [5, 5.41) is 2.91. The number of ether oxygens (including phenoxy) is 1. The summed E-state index contributed by atoms with van der Waals surface area (Å²) < 4.78 is 41.0. The Balaban J connectivity index is 1.83. The van der Waals surface area contributed by atoms with Gasteiger partial charge in [-0.05, 0) is 19.1 Å². The van der Waals surface area contributed by atoms with Crippen molar-refractivity contribution in [3.63, 3.8) is 0 Å². The number of aromatic nitrogens is 2. The lowest BCUT2D eigenvalue weighted by molar-refractivity contribution is -0.274. The zero-order valence-electron chi connectivity index (χ0n) is 11.5. The molecule has 1 N–H and O–H groups in total. The van der Waals surface area contributed by atoms with Gasteiger partial charge >= 0.3 is 6.36 Å². The molecule has 0 aliphatic carbocycles. The molecular formula is C13H8F3N3O2S2. The molecule has 1 aromatic carbocycles. The maximum Gasteiger partial charge on any atom is 0.573 e. The van der Waals surface area contributed by atoms with Gasteiger partial charge in [0.1, 0.15) is 10.6 Å². The average molecular weight is 359 g/mol. The number of halogens is 3. The van der Waals surface area contributed by atoms with Crippen LogP contribution in [0.25, 0.3) is 10.2 Å². The second kappa shape index (κ2) is 5.78. The lowest BCUT2D eigenvalue weighted by Gasteiger charge is -2.07. The van der Waals surface area contributed by atoms with Crippen LogP contribution in [-0.4, -0.2) is 22.2 Å². The van der Waals surface area contributed by atoms with Crippen LogP contribution in [0.2, 0.25) is 0 Å². The first-order valence-electron chi connectivity index (χ1n) is 6.19. The largest absolute Gasteiger partial charge is 0.573 e. The van der Waals surface area contributed by atoms with Crippen LogP contribution < -0.4 is 10.1 Å². The summed E-state index contributed by atoms with van der Waals surface area (Å²) >= 11 is 2.26. The van der Waals surface area contributed by atoms with Crippen molar-refractivity contribution in [1.82, 2.24) is 9.97 Å². The molecule has 0 spiro atoms. The maximum atomic E-state index is 12.2. The van der Waals surface area contributed by atoms with Gasteiger partial charge in [0.15, 0.2) is 5.13 Å². The number of carbonyl (C=O) groups excluding carboxylic acids is 1. The third-order valence-electron chi connectivity index (χ3n) is 2.77. The number of alkyl halides is 3. The van der Waals surface area contributed by atoms with E-state index in [1.165, 1.54) is 29.5 Å². The van der Waals surface area contributed by atoms with Crippen molar-refractivity contribution in [2.45, 2.75) is 13.3 Å². The van der Waals surface area contributed by atoms with Gasteiger partial charge < -0.3 is 4.74 Å². The summed E-state index contributed by atoms with van der Waals surface area (Å²) in [7, 11) is 0. The molecule has 5 nitrogen and oxygen atoms in total. The highest BCUT2D eigenvalue weighted by Gasteiger charge is 2.31. The monoisotopic (exact) mass is 359 g/mol. The summed E-state index contributed by atoms with van der Waals surface area (Å²) in [5.41, 5.74) is 2.64. The third kappa shape index (κ3) is 3.59. The molecule has 0 atom stereocenters. The Bertz CT molecular complexity index is 873. The molecule has 2 heterocycles. The van der Waals surface area contributed by atoms with Crippen LogP contribution in [-0.2, 0) is 0 Å². The van der Waals surface area contributed by atoms with E-state index in [2.05, 4.69) is 20.0 Å². The first kappa shape index (κ1) is 15.7. The Kier molecular flexibility index (Phi) is 3.94. The fraction of sp³-hybridized carbons (Fsp3) is 0.154. The Hall–Kier alpha value is -2.20. The van der Waals surface area contributed by atoms with E-state index in [1.54, 1.807) is 12.4 Å². The fourth-order valence-corrected chi connectivity index (χ4v) is 3.42. The number of benzene rings is 1. The maximum absolute atomic E-state index is 12.2. The van der Waals surface area contributed by atoms with E-state index in [0.29, 0.717) is 25.9 Å². The number of rotatable bonds is 3. The minimum Gasteiger partial charge on any atom is -0.406 e. The van der Waals surface area contributed by atoms with Crippen molar-refractivity contribution >= 4 is 43.9 Å². The van der Waals surface area contributed by atoms with Gasteiger partial charge in [-0.1, -0.05) is 11.3 Å². The first-order chi connectivity index (χ1) is 10.8. The predicted octanol–water partition coefficient (Wildman–Crippen LogP) is 4.21. The molecule has 0 saturated heterocycles. The van der Waals surface area contributed by atoms with Crippen LogP contribution in [0.5, 0.6) is 5.75 Å². The standard InChI is InChI=1S/C13H8F3N3O2S2/c1-6-10(22-5-17-6)11(20)19-12-18-8-3-2-7(4-9(8)23-12)21-13(14,15)16/h2-5H,1H3,(H,18,19,20). The van der Waals surface area contributed by atoms with Crippen molar-refractivity contribution in [2.75, 3.05) is 5.32 Å². The normalized spacial score (nSPS) is 11.7. The molecule has 23 heavy (non-hydrogen) atoms. The van der Waals surface area contributed by atoms with Gasteiger partial charge in [0.2, 0.25) is 0 Å². The first-order valence-corrected chi connectivity index (χ1v) is 7.89. The minimum atomic E-state index is -4.75.